The first-order valence-corrected chi connectivity index (χ1v) is 5.91. The average molecular weight is 209 g/mol. The normalized spacial score (nSPS) is 27.1. The summed E-state index contributed by atoms with van der Waals surface area (Å²) in [7, 11) is 4.33. The number of rotatable bonds is 5. The second kappa shape index (κ2) is 6.09. The first kappa shape index (κ1) is 12.5. The van der Waals surface area contributed by atoms with E-state index in [9.17, 15) is 0 Å². The Morgan fingerprint density at radius 1 is 1.33 bits per heavy atom. The van der Waals surface area contributed by atoms with Crippen molar-refractivity contribution in [3.63, 3.8) is 0 Å². The molecule has 3 heteroatoms. The summed E-state index contributed by atoms with van der Waals surface area (Å²) >= 11 is 0. The quantitative estimate of drug-likeness (QED) is 0.644. The highest BCUT2D eigenvalue weighted by atomic mass is 15.2. The van der Waals surface area contributed by atoms with Gasteiger partial charge in [-0.15, -0.1) is 0 Å². The molecule has 1 rings (SSSR count). The lowest BCUT2D eigenvalue weighted by Crippen LogP contribution is -2.34. The van der Waals surface area contributed by atoms with Gasteiger partial charge in [0, 0.05) is 25.6 Å². The third-order valence-corrected chi connectivity index (χ3v) is 3.32. The van der Waals surface area contributed by atoms with Crippen molar-refractivity contribution in [2.24, 2.45) is 5.92 Å². The zero-order chi connectivity index (χ0) is 11.3. The molecule has 2 unspecified atom stereocenters. The van der Waals surface area contributed by atoms with Crippen LogP contribution >= 0.6 is 0 Å². The van der Waals surface area contributed by atoms with Crippen molar-refractivity contribution in [1.82, 2.24) is 9.80 Å². The van der Waals surface area contributed by atoms with Crippen LogP contribution in [0.4, 0.5) is 0 Å². The maximum atomic E-state index is 8.44. The lowest BCUT2D eigenvalue weighted by atomic mass is 10.1. The molecule has 1 saturated heterocycles. The number of hydrogen-bond donors (Lipinski definition) is 0. The summed E-state index contributed by atoms with van der Waals surface area (Å²) in [4.78, 5) is 4.87. The van der Waals surface area contributed by atoms with Crippen LogP contribution < -0.4 is 0 Å². The summed E-state index contributed by atoms with van der Waals surface area (Å²) in [6, 6.07) is 2.91. The topological polar surface area (TPSA) is 30.3 Å². The number of hydrogen-bond acceptors (Lipinski definition) is 3. The monoisotopic (exact) mass is 209 g/mol. The molecule has 86 valence electrons. The molecule has 15 heavy (non-hydrogen) atoms. The third-order valence-electron chi connectivity index (χ3n) is 3.32. The van der Waals surface area contributed by atoms with Gasteiger partial charge in [-0.3, -0.25) is 0 Å². The molecule has 0 amide bonds. The van der Waals surface area contributed by atoms with Gasteiger partial charge in [-0.1, -0.05) is 6.92 Å². The standard InChI is InChI=1S/C12H23N3/c1-11-9-15(8-6-4-5-7-13)10-12(11)14(2)3/h11-12H,4-6,8-10H2,1-3H3. The molecule has 1 heterocycles. The van der Waals surface area contributed by atoms with E-state index in [4.69, 9.17) is 5.26 Å². The SMILES string of the molecule is CC1CN(CCCCC#N)CC1N(C)C. The number of likely N-dealkylation sites (tertiary alicyclic amines) is 1. The third kappa shape index (κ3) is 3.81. The van der Waals surface area contributed by atoms with Gasteiger partial charge in [0.15, 0.2) is 0 Å². The first-order valence-electron chi connectivity index (χ1n) is 5.91. The Morgan fingerprint density at radius 2 is 2.07 bits per heavy atom. The lowest BCUT2D eigenvalue weighted by molar-refractivity contribution is 0.251. The van der Waals surface area contributed by atoms with Gasteiger partial charge >= 0.3 is 0 Å². The first-order chi connectivity index (χ1) is 7.15. The van der Waals surface area contributed by atoms with E-state index < -0.39 is 0 Å². The lowest BCUT2D eigenvalue weighted by Gasteiger charge is -2.22. The molecule has 0 bridgehead atoms. The molecule has 0 aliphatic carbocycles. The predicted octanol–water partition coefficient (Wildman–Crippen LogP) is 1.56. The Balaban J connectivity index is 2.21. The van der Waals surface area contributed by atoms with E-state index >= 15 is 0 Å². The highest BCUT2D eigenvalue weighted by Gasteiger charge is 2.30. The van der Waals surface area contributed by atoms with E-state index in [-0.39, 0.29) is 0 Å². The molecule has 1 aliphatic rings. The van der Waals surface area contributed by atoms with Gasteiger partial charge < -0.3 is 9.80 Å². The minimum absolute atomic E-state index is 0.709. The Bertz CT molecular complexity index is 219. The van der Waals surface area contributed by atoms with Crippen molar-refractivity contribution in [1.29, 1.82) is 5.26 Å². The Morgan fingerprint density at radius 3 is 2.60 bits per heavy atom. The zero-order valence-corrected chi connectivity index (χ0v) is 10.2. The maximum Gasteiger partial charge on any atom is 0.0621 e. The molecular formula is C12H23N3. The van der Waals surface area contributed by atoms with Crippen LogP contribution in [-0.4, -0.2) is 49.6 Å². The molecule has 0 aromatic carbocycles. The number of nitrogens with zero attached hydrogens (tertiary/aromatic N) is 3. The summed E-state index contributed by atoms with van der Waals surface area (Å²) in [6.45, 7) is 5.91. The van der Waals surface area contributed by atoms with Gasteiger partial charge in [-0.2, -0.15) is 5.26 Å². The van der Waals surface area contributed by atoms with Crippen molar-refractivity contribution in [2.75, 3.05) is 33.7 Å². The van der Waals surface area contributed by atoms with Gasteiger partial charge in [0.25, 0.3) is 0 Å². The van der Waals surface area contributed by atoms with E-state index in [0.717, 1.165) is 18.9 Å². The second-order valence-corrected chi connectivity index (χ2v) is 4.88. The van der Waals surface area contributed by atoms with E-state index in [1.54, 1.807) is 0 Å². The molecule has 2 atom stereocenters. The molecule has 0 N–H and O–H groups in total. The number of nitriles is 1. The summed E-state index contributed by atoms with van der Waals surface area (Å²) in [5.74, 6) is 0.774. The van der Waals surface area contributed by atoms with E-state index in [0.29, 0.717) is 12.5 Å². The van der Waals surface area contributed by atoms with Crippen LogP contribution in [0.1, 0.15) is 26.2 Å². The van der Waals surface area contributed by atoms with Crippen LogP contribution in [0.15, 0.2) is 0 Å². The van der Waals surface area contributed by atoms with Crippen molar-refractivity contribution in [3.05, 3.63) is 0 Å². The molecule has 0 spiro atoms. The van der Waals surface area contributed by atoms with Crippen LogP contribution in [0.25, 0.3) is 0 Å². The molecule has 3 nitrogen and oxygen atoms in total. The fraction of sp³-hybridized carbons (Fsp3) is 0.917. The summed E-state index contributed by atoms with van der Waals surface area (Å²) in [5, 5.41) is 8.44. The van der Waals surface area contributed by atoms with Gasteiger partial charge in [0.05, 0.1) is 6.07 Å². The molecule has 0 saturated carbocycles. The fourth-order valence-corrected chi connectivity index (χ4v) is 2.44. The summed E-state index contributed by atoms with van der Waals surface area (Å²) in [5.41, 5.74) is 0. The predicted molar refractivity (Wildman–Crippen MR) is 62.5 cm³/mol. The molecule has 0 aromatic heterocycles. The van der Waals surface area contributed by atoms with Gasteiger partial charge in [0.1, 0.15) is 0 Å². The molecule has 1 fully saturated rings. The molecule has 0 radical (unpaired) electrons. The smallest absolute Gasteiger partial charge is 0.0621 e. The number of likely N-dealkylation sites (N-methyl/N-ethyl adjacent to an activating group) is 1. The van der Waals surface area contributed by atoms with Crippen molar-refractivity contribution in [2.45, 2.75) is 32.2 Å². The Kier molecular flexibility index (Phi) is 5.07. The Hall–Kier alpha value is -0.590. The fourth-order valence-electron chi connectivity index (χ4n) is 2.44. The van der Waals surface area contributed by atoms with E-state index in [1.807, 2.05) is 0 Å². The average Bonchev–Trinajstić information content (AvgIpc) is 2.55. The minimum atomic E-state index is 0.709. The number of unbranched alkanes of at least 4 members (excludes halogenated alkanes) is 2. The van der Waals surface area contributed by atoms with Gasteiger partial charge in [-0.25, -0.2) is 0 Å². The van der Waals surface area contributed by atoms with Gasteiger partial charge in [-0.05, 0) is 39.4 Å². The summed E-state index contributed by atoms with van der Waals surface area (Å²) < 4.78 is 0. The van der Waals surface area contributed by atoms with Gasteiger partial charge in [0.2, 0.25) is 0 Å². The second-order valence-electron chi connectivity index (χ2n) is 4.88. The van der Waals surface area contributed by atoms with E-state index in [1.165, 1.54) is 19.5 Å². The molecular weight excluding hydrogens is 186 g/mol. The van der Waals surface area contributed by atoms with Crippen molar-refractivity contribution < 1.29 is 0 Å². The largest absolute Gasteiger partial charge is 0.305 e. The van der Waals surface area contributed by atoms with Crippen LogP contribution in [0.3, 0.4) is 0 Å². The maximum absolute atomic E-state index is 8.44. The van der Waals surface area contributed by atoms with Crippen LogP contribution in [0.5, 0.6) is 0 Å². The van der Waals surface area contributed by atoms with E-state index in [2.05, 4.69) is 36.9 Å². The highest BCUT2D eigenvalue weighted by Crippen LogP contribution is 2.20. The van der Waals surface area contributed by atoms with Crippen LogP contribution in [-0.2, 0) is 0 Å². The Labute approximate surface area is 93.7 Å². The molecule has 0 aromatic rings. The van der Waals surface area contributed by atoms with Crippen molar-refractivity contribution in [3.8, 4) is 6.07 Å². The summed E-state index contributed by atoms with van der Waals surface area (Å²) in [6.07, 6.45) is 2.93. The zero-order valence-electron chi connectivity index (χ0n) is 10.2. The van der Waals surface area contributed by atoms with Crippen LogP contribution in [0, 0.1) is 17.2 Å². The van der Waals surface area contributed by atoms with Crippen LogP contribution in [0.2, 0.25) is 0 Å². The minimum Gasteiger partial charge on any atom is -0.305 e. The van der Waals surface area contributed by atoms with Crippen molar-refractivity contribution >= 4 is 0 Å². The molecule has 1 aliphatic heterocycles. The highest BCUT2D eigenvalue weighted by molar-refractivity contribution is 4.86.